The summed E-state index contributed by atoms with van der Waals surface area (Å²) in [6.45, 7) is 2.48. The van der Waals surface area contributed by atoms with Gasteiger partial charge in [-0.15, -0.1) is 0 Å². The summed E-state index contributed by atoms with van der Waals surface area (Å²) in [5.74, 6) is -0.115. The lowest BCUT2D eigenvalue weighted by Crippen LogP contribution is -2.31. The molecule has 0 aliphatic heterocycles. The molecule has 102 valence electrons. The van der Waals surface area contributed by atoms with Crippen LogP contribution in [0.3, 0.4) is 0 Å². The Labute approximate surface area is 107 Å². The maximum Gasteiger partial charge on any atom is 0.169 e. The van der Waals surface area contributed by atoms with E-state index < -0.39 is 0 Å². The van der Waals surface area contributed by atoms with Crippen molar-refractivity contribution in [1.82, 2.24) is 5.32 Å². The molecule has 1 N–H and O–H groups in total. The molecule has 1 aromatic rings. The first kappa shape index (κ1) is 14.9. The molecule has 5 heteroatoms. The van der Waals surface area contributed by atoms with E-state index >= 15 is 0 Å². The van der Waals surface area contributed by atoms with Crippen LogP contribution >= 0.6 is 0 Å². The number of nitrogens with one attached hydrogen (secondary N) is 1. The third-order valence-electron chi connectivity index (χ3n) is 2.79. The molecule has 0 fully saturated rings. The summed E-state index contributed by atoms with van der Waals surface area (Å²) in [6.07, 6.45) is -0.310. The average Bonchev–Trinajstić information content (AvgIpc) is 2.39. The molecular weight excluding hydrogens is 237 g/mol. The summed E-state index contributed by atoms with van der Waals surface area (Å²) in [5, 5.41) is 3.21. The molecule has 1 aromatic carbocycles. The van der Waals surface area contributed by atoms with Crippen LogP contribution in [0.5, 0.6) is 5.75 Å². The van der Waals surface area contributed by atoms with Crippen molar-refractivity contribution in [3.8, 4) is 5.75 Å². The largest absolute Gasteiger partial charge is 0.494 e. The normalized spacial score (nSPS) is 12.8. The molecule has 0 radical (unpaired) electrons. The van der Waals surface area contributed by atoms with E-state index in [1.165, 1.54) is 13.2 Å². The highest BCUT2D eigenvalue weighted by atomic mass is 19.1. The van der Waals surface area contributed by atoms with Crippen molar-refractivity contribution in [2.75, 3.05) is 27.9 Å². The number of halogens is 1. The van der Waals surface area contributed by atoms with Crippen LogP contribution in [0.25, 0.3) is 0 Å². The second kappa shape index (κ2) is 7.31. The van der Waals surface area contributed by atoms with Gasteiger partial charge in [-0.2, -0.15) is 0 Å². The molecule has 0 aliphatic rings. The second-order valence-electron chi connectivity index (χ2n) is 3.92. The Morgan fingerprint density at radius 1 is 1.22 bits per heavy atom. The van der Waals surface area contributed by atoms with Crippen LogP contribution in [-0.4, -0.2) is 34.2 Å². The molecule has 0 heterocycles. The van der Waals surface area contributed by atoms with Gasteiger partial charge in [-0.25, -0.2) is 4.39 Å². The number of methoxy groups -OCH3 is 3. The fraction of sp³-hybridized carbons (Fsp3) is 0.538. The van der Waals surface area contributed by atoms with Gasteiger partial charge in [-0.3, -0.25) is 0 Å². The number of hydrogen-bond acceptors (Lipinski definition) is 4. The van der Waals surface area contributed by atoms with E-state index in [0.29, 0.717) is 6.54 Å². The maximum absolute atomic E-state index is 13.5. The minimum Gasteiger partial charge on any atom is -0.494 e. The van der Waals surface area contributed by atoms with Crippen LogP contribution in [0.2, 0.25) is 0 Å². The number of ether oxygens (including phenoxy) is 3. The highest BCUT2D eigenvalue weighted by molar-refractivity contribution is 5.30. The number of hydrogen-bond donors (Lipinski definition) is 1. The zero-order chi connectivity index (χ0) is 13.5. The molecule has 0 aromatic heterocycles. The van der Waals surface area contributed by atoms with Crippen molar-refractivity contribution in [3.05, 3.63) is 29.6 Å². The lowest BCUT2D eigenvalue weighted by Gasteiger charge is -2.19. The molecule has 0 bridgehead atoms. The predicted octanol–water partition coefficient (Wildman–Crippen LogP) is 2.10. The Morgan fingerprint density at radius 2 is 1.89 bits per heavy atom. The van der Waals surface area contributed by atoms with E-state index in [1.54, 1.807) is 20.3 Å². The van der Waals surface area contributed by atoms with Crippen LogP contribution in [-0.2, 0) is 9.47 Å². The fourth-order valence-corrected chi connectivity index (χ4v) is 1.61. The minimum absolute atomic E-state index is 0.00166. The molecule has 0 saturated carbocycles. The average molecular weight is 257 g/mol. The van der Waals surface area contributed by atoms with Gasteiger partial charge in [0.05, 0.1) is 7.11 Å². The third kappa shape index (κ3) is 3.94. The topological polar surface area (TPSA) is 39.7 Å². The first-order valence-corrected chi connectivity index (χ1v) is 5.74. The van der Waals surface area contributed by atoms with Gasteiger partial charge < -0.3 is 19.5 Å². The lowest BCUT2D eigenvalue weighted by molar-refractivity contribution is -0.0997. The van der Waals surface area contributed by atoms with Crippen LogP contribution < -0.4 is 10.1 Å². The number of benzene rings is 1. The van der Waals surface area contributed by atoms with Gasteiger partial charge in [0.2, 0.25) is 0 Å². The van der Waals surface area contributed by atoms with E-state index in [0.717, 1.165) is 5.56 Å². The molecule has 1 unspecified atom stereocenters. The van der Waals surface area contributed by atoms with E-state index in [4.69, 9.17) is 14.2 Å². The molecule has 1 atom stereocenters. The van der Waals surface area contributed by atoms with E-state index in [-0.39, 0.29) is 23.9 Å². The predicted molar refractivity (Wildman–Crippen MR) is 67.2 cm³/mol. The summed E-state index contributed by atoms with van der Waals surface area (Å²) < 4.78 is 28.6. The van der Waals surface area contributed by atoms with E-state index in [2.05, 4.69) is 5.32 Å². The van der Waals surface area contributed by atoms with E-state index in [9.17, 15) is 4.39 Å². The Morgan fingerprint density at radius 3 is 2.39 bits per heavy atom. The van der Waals surface area contributed by atoms with Gasteiger partial charge in [0, 0.05) is 26.8 Å². The smallest absolute Gasteiger partial charge is 0.169 e. The van der Waals surface area contributed by atoms with Gasteiger partial charge in [-0.05, 0) is 24.6 Å². The highest BCUT2D eigenvalue weighted by Gasteiger charge is 2.11. The molecule has 0 saturated heterocycles. The standard InChI is InChI=1S/C13H20FNO3/c1-9(15-8-13(17-3)18-4)10-5-6-12(16-2)11(14)7-10/h5-7,9,13,15H,8H2,1-4H3. The summed E-state index contributed by atoms with van der Waals surface area (Å²) >= 11 is 0. The molecule has 0 amide bonds. The molecular formula is C13H20FNO3. The van der Waals surface area contributed by atoms with Crippen LogP contribution in [0, 0.1) is 5.82 Å². The lowest BCUT2D eigenvalue weighted by atomic mass is 10.1. The van der Waals surface area contributed by atoms with Crippen LogP contribution in [0.4, 0.5) is 4.39 Å². The molecule has 0 aliphatic carbocycles. The fourth-order valence-electron chi connectivity index (χ4n) is 1.61. The third-order valence-corrected chi connectivity index (χ3v) is 2.79. The minimum atomic E-state index is -0.362. The van der Waals surface area contributed by atoms with Crippen molar-refractivity contribution < 1.29 is 18.6 Å². The molecule has 18 heavy (non-hydrogen) atoms. The van der Waals surface area contributed by atoms with Crippen molar-refractivity contribution >= 4 is 0 Å². The molecule has 4 nitrogen and oxygen atoms in total. The first-order valence-electron chi connectivity index (χ1n) is 5.74. The molecule has 1 rings (SSSR count). The number of rotatable bonds is 7. The highest BCUT2D eigenvalue weighted by Crippen LogP contribution is 2.21. The Bertz CT molecular complexity index is 369. The van der Waals surface area contributed by atoms with Gasteiger partial charge in [-0.1, -0.05) is 6.07 Å². The summed E-state index contributed by atoms with van der Waals surface area (Å²) in [4.78, 5) is 0. The van der Waals surface area contributed by atoms with Crippen molar-refractivity contribution in [3.63, 3.8) is 0 Å². The van der Waals surface area contributed by atoms with Gasteiger partial charge in [0.1, 0.15) is 0 Å². The SMILES string of the molecule is COc1ccc(C(C)NCC(OC)OC)cc1F. The van der Waals surface area contributed by atoms with Gasteiger partial charge >= 0.3 is 0 Å². The van der Waals surface area contributed by atoms with Crippen molar-refractivity contribution in [2.45, 2.75) is 19.3 Å². The zero-order valence-corrected chi connectivity index (χ0v) is 11.2. The summed E-state index contributed by atoms with van der Waals surface area (Å²) in [6, 6.07) is 4.91. The van der Waals surface area contributed by atoms with Crippen LogP contribution in [0.1, 0.15) is 18.5 Å². The van der Waals surface area contributed by atoms with E-state index in [1.807, 2.05) is 13.0 Å². The summed E-state index contributed by atoms with van der Waals surface area (Å²) in [7, 11) is 4.60. The van der Waals surface area contributed by atoms with Gasteiger partial charge in [0.25, 0.3) is 0 Å². The second-order valence-corrected chi connectivity index (χ2v) is 3.92. The quantitative estimate of drug-likeness (QED) is 0.759. The summed E-state index contributed by atoms with van der Waals surface area (Å²) in [5.41, 5.74) is 0.847. The Balaban J connectivity index is 2.61. The monoisotopic (exact) mass is 257 g/mol. The Kier molecular flexibility index (Phi) is 6.04. The van der Waals surface area contributed by atoms with Crippen molar-refractivity contribution in [1.29, 1.82) is 0 Å². The first-order chi connectivity index (χ1) is 8.62. The van der Waals surface area contributed by atoms with Crippen molar-refractivity contribution in [2.24, 2.45) is 0 Å². The molecule has 0 spiro atoms. The van der Waals surface area contributed by atoms with Gasteiger partial charge in [0.15, 0.2) is 17.9 Å². The van der Waals surface area contributed by atoms with Crippen LogP contribution in [0.15, 0.2) is 18.2 Å². The Hall–Kier alpha value is -1.17. The zero-order valence-electron chi connectivity index (χ0n) is 11.2. The maximum atomic E-state index is 13.5.